The molecule has 5 rings (SSSR count). The number of benzene rings is 1. The zero-order valence-corrected chi connectivity index (χ0v) is 21.3. The molecule has 0 bridgehead atoms. The van der Waals surface area contributed by atoms with Crippen molar-refractivity contribution in [3.8, 4) is 0 Å². The molecule has 3 saturated carbocycles. The van der Waals surface area contributed by atoms with Crippen LogP contribution in [0.2, 0.25) is 0 Å². The number of carbonyl (C=O) groups excluding carboxylic acids is 2. The average Bonchev–Trinajstić information content (AvgIpc) is 3.15. The quantitative estimate of drug-likeness (QED) is 0.387. The minimum Gasteiger partial charge on any atom is -0.325 e. The Balaban J connectivity index is 1.38. The van der Waals surface area contributed by atoms with Gasteiger partial charge in [-0.3, -0.25) is 9.59 Å². The minimum atomic E-state index is -5.05. The highest BCUT2D eigenvalue weighted by molar-refractivity contribution is 8.14. The van der Waals surface area contributed by atoms with Crippen LogP contribution in [0.15, 0.2) is 30.4 Å². The largest absolute Gasteiger partial charge is 0.418 e. The van der Waals surface area contributed by atoms with Crippen molar-refractivity contribution in [2.75, 3.05) is 5.32 Å². The van der Waals surface area contributed by atoms with Crippen LogP contribution < -0.4 is 5.32 Å². The Hall–Kier alpha value is -1.97. The van der Waals surface area contributed by atoms with Gasteiger partial charge in [-0.25, -0.2) is 0 Å². The third-order valence-corrected chi connectivity index (χ3v) is 11.2. The van der Waals surface area contributed by atoms with Crippen molar-refractivity contribution in [2.24, 2.45) is 34.5 Å². The van der Waals surface area contributed by atoms with E-state index in [1.54, 1.807) is 6.08 Å². The van der Waals surface area contributed by atoms with Crippen LogP contribution in [0, 0.1) is 34.5 Å². The molecule has 202 valence electrons. The molecular weight excluding hydrogens is 516 g/mol. The predicted molar refractivity (Wildman–Crippen MR) is 128 cm³/mol. The highest BCUT2D eigenvalue weighted by atomic mass is 32.2. The van der Waals surface area contributed by atoms with Gasteiger partial charge < -0.3 is 5.32 Å². The summed E-state index contributed by atoms with van der Waals surface area (Å²) in [5.74, 6) is -0.134. The first-order valence-corrected chi connectivity index (χ1v) is 13.5. The number of alkyl halides is 6. The number of hydrogen-bond donors (Lipinski definition) is 1. The fourth-order valence-electron chi connectivity index (χ4n) is 7.91. The molecule has 3 nitrogen and oxygen atoms in total. The number of hydrogen-bond acceptors (Lipinski definition) is 3. The Bertz CT molecular complexity index is 1150. The molecule has 0 saturated heterocycles. The van der Waals surface area contributed by atoms with E-state index in [1.807, 2.05) is 6.92 Å². The first-order valence-electron chi connectivity index (χ1n) is 12.6. The molecule has 4 aliphatic rings. The molecule has 1 amide bonds. The first kappa shape index (κ1) is 26.6. The summed E-state index contributed by atoms with van der Waals surface area (Å²) in [5, 5.41) is 2.66. The SMILES string of the molecule is C[C@]12C=CC(=O)SC1CC[C@@H]1[C@H]2CC[C@]2(C)C(C(=O)Nc3ccc(C(F)(F)F)cc3C(F)(F)F)CC[C@@H]12. The van der Waals surface area contributed by atoms with E-state index in [1.165, 1.54) is 11.8 Å². The number of carbonyl (C=O) groups is 2. The van der Waals surface area contributed by atoms with Crippen molar-refractivity contribution in [1.82, 2.24) is 0 Å². The topological polar surface area (TPSA) is 46.2 Å². The van der Waals surface area contributed by atoms with E-state index in [0.29, 0.717) is 30.4 Å². The number of halogens is 6. The summed E-state index contributed by atoms with van der Waals surface area (Å²) in [7, 11) is 0. The third kappa shape index (κ3) is 4.40. The number of anilines is 1. The summed E-state index contributed by atoms with van der Waals surface area (Å²) in [6, 6.07) is 1.32. The monoisotopic (exact) mass is 545 g/mol. The average molecular weight is 546 g/mol. The van der Waals surface area contributed by atoms with Crippen LogP contribution in [-0.2, 0) is 21.9 Å². The molecule has 1 aromatic carbocycles. The van der Waals surface area contributed by atoms with Gasteiger partial charge in [0.2, 0.25) is 11.0 Å². The van der Waals surface area contributed by atoms with Crippen LogP contribution in [0.4, 0.5) is 32.0 Å². The zero-order chi connectivity index (χ0) is 27.0. The number of rotatable bonds is 2. The molecule has 7 atom stereocenters. The Morgan fingerprint density at radius 1 is 0.973 bits per heavy atom. The van der Waals surface area contributed by atoms with Crippen LogP contribution in [0.25, 0.3) is 0 Å². The van der Waals surface area contributed by atoms with E-state index in [-0.39, 0.29) is 27.8 Å². The van der Waals surface area contributed by atoms with Gasteiger partial charge in [0.25, 0.3) is 0 Å². The predicted octanol–water partition coefficient (Wildman–Crippen LogP) is 7.72. The fourth-order valence-corrected chi connectivity index (χ4v) is 9.10. The molecule has 1 aliphatic heterocycles. The fraction of sp³-hybridized carbons (Fsp3) is 0.630. The van der Waals surface area contributed by atoms with Crippen molar-refractivity contribution in [1.29, 1.82) is 0 Å². The molecule has 1 aromatic rings. The Kier molecular flexibility index (Phi) is 6.32. The number of allylic oxidation sites excluding steroid dienone is 1. The van der Waals surface area contributed by atoms with E-state index in [9.17, 15) is 35.9 Å². The van der Waals surface area contributed by atoms with Crippen LogP contribution >= 0.6 is 11.8 Å². The lowest BCUT2D eigenvalue weighted by Gasteiger charge is -2.58. The Labute approximate surface area is 215 Å². The summed E-state index contributed by atoms with van der Waals surface area (Å²) in [4.78, 5) is 25.4. The van der Waals surface area contributed by atoms with Gasteiger partial charge in [-0.1, -0.05) is 31.7 Å². The third-order valence-electron chi connectivity index (χ3n) is 9.76. The molecule has 2 unspecified atom stereocenters. The zero-order valence-electron chi connectivity index (χ0n) is 20.5. The van der Waals surface area contributed by atoms with Gasteiger partial charge in [0, 0.05) is 16.6 Å². The highest BCUT2D eigenvalue weighted by Gasteiger charge is 2.61. The molecule has 10 heteroatoms. The lowest BCUT2D eigenvalue weighted by atomic mass is 9.49. The van der Waals surface area contributed by atoms with Gasteiger partial charge in [0.1, 0.15) is 0 Å². The second-order valence-corrected chi connectivity index (χ2v) is 12.7. The molecule has 0 radical (unpaired) electrons. The first-order chi connectivity index (χ1) is 17.1. The Morgan fingerprint density at radius 3 is 2.38 bits per heavy atom. The van der Waals surface area contributed by atoms with Crippen molar-refractivity contribution in [3.05, 3.63) is 41.5 Å². The van der Waals surface area contributed by atoms with Crippen LogP contribution in [-0.4, -0.2) is 16.3 Å². The van der Waals surface area contributed by atoms with Crippen molar-refractivity contribution >= 4 is 28.5 Å². The molecular formula is C27H29F6NO2S. The maximum absolute atomic E-state index is 13.6. The lowest BCUT2D eigenvalue weighted by Crippen LogP contribution is -2.53. The number of amides is 1. The molecule has 37 heavy (non-hydrogen) atoms. The van der Waals surface area contributed by atoms with Crippen LogP contribution in [0.1, 0.15) is 63.5 Å². The summed E-state index contributed by atoms with van der Waals surface area (Å²) in [6.45, 7) is 4.27. The van der Waals surface area contributed by atoms with E-state index in [0.717, 1.165) is 32.1 Å². The number of thioether (sulfide) groups is 1. The smallest absolute Gasteiger partial charge is 0.325 e. The van der Waals surface area contributed by atoms with E-state index >= 15 is 0 Å². The summed E-state index contributed by atoms with van der Waals surface area (Å²) >= 11 is 1.41. The second kappa shape index (κ2) is 8.78. The van der Waals surface area contributed by atoms with Crippen molar-refractivity contribution in [3.63, 3.8) is 0 Å². The number of fused-ring (bicyclic) bond motifs is 5. The maximum atomic E-state index is 13.6. The second-order valence-electron chi connectivity index (χ2n) is 11.5. The Morgan fingerprint density at radius 2 is 1.70 bits per heavy atom. The van der Waals surface area contributed by atoms with E-state index in [2.05, 4.69) is 18.3 Å². The maximum Gasteiger partial charge on any atom is 0.418 e. The lowest BCUT2D eigenvalue weighted by molar-refractivity contribution is -0.142. The van der Waals surface area contributed by atoms with E-state index in [4.69, 9.17) is 0 Å². The van der Waals surface area contributed by atoms with Gasteiger partial charge in [0.15, 0.2) is 0 Å². The van der Waals surface area contributed by atoms with Crippen molar-refractivity contribution in [2.45, 2.75) is 70.0 Å². The van der Waals surface area contributed by atoms with Gasteiger partial charge in [-0.2, -0.15) is 26.3 Å². The number of nitrogens with one attached hydrogen (secondary N) is 1. The van der Waals surface area contributed by atoms with Crippen molar-refractivity contribution < 1.29 is 35.9 Å². The van der Waals surface area contributed by atoms with Gasteiger partial charge in [0.05, 0.1) is 16.8 Å². The minimum absolute atomic E-state index is 0.0551. The summed E-state index contributed by atoms with van der Waals surface area (Å²) in [6.07, 6.45) is -1.47. The molecule has 0 spiro atoms. The molecule has 0 aromatic heterocycles. The molecule has 3 aliphatic carbocycles. The van der Waals surface area contributed by atoms with Gasteiger partial charge in [-0.15, -0.1) is 0 Å². The standard InChI is InChI=1S/C27H29F6NO2S/c1-24-11-9-17-15(4-8-21-25(17,2)12-10-22(35)37-21)16(24)5-6-18(24)23(36)34-20-7-3-14(26(28,29)30)13-19(20)27(31,32)33/h3,7,10,12-13,15-18,21H,4-6,8-9,11H2,1-2H3,(H,34,36)/t15-,16-,17+,18?,21?,24-,25+/m0/s1. The van der Waals surface area contributed by atoms with Crippen LogP contribution in [0.3, 0.4) is 0 Å². The van der Waals surface area contributed by atoms with Crippen LogP contribution in [0.5, 0.6) is 0 Å². The molecule has 1 heterocycles. The summed E-state index contributed by atoms with van der Waals surface area (Å²) < 4.78 is 80.0. The highest BCUT2D eigenvalue weighted by Crippen LogP contribution is 2.66. The van der Waals surface area contributed by atoms with Gasteiger partial charge >= 0.3 is 12.4 Å². The summed E-state index contributed by atoms with van der Waals surface area (Å²) in [5.41, 5.74) is -4.06. The van der Waals surface area contributed by atoms with Gasteiger partial charge in [-0.05, 0) is 86.0 Å². The molecule has 1 N–H and O–H groups in total. The van der Waals surface area contributed by atoms with E-state index < -0.39 is 46.4 Å². The normalized spacial score (nSPS) is 37.5. The molecule has 3 fully saturated rings.